The lowest BCUT2D eigenvalue weighted by Gasteiger charge is -2.08. The Bertz CT molecular complexity index is 824. The zero-order chi connectivity index (χ0) is 15.7. The van der Waals surface area contributed by atoms with Crippen LogP contribution in [-0.4, -0.2) is 29.5 Å². The van der Waals surface area contributed by atoms with E-state index < -0.39 is 0 Å². The molecule has 0 aliphatic rings. The van der Waals surface area contributed by atoms with Crippen LogP contribution in [0.1, 0.15) is 10.4 Å². The molecule has 3 heterocycles. The Hall–Kier alpha value is -1.99. The summed E-state index contributed by atoms with van der Waals surface area (Å²) >= 11 is 3.26. The maximum absolute atomic E-state index is 11.5. The number of nitrogens with zero attached hydrogens (tertiary/aromatic N) is 2. The summed E-state index contributed by atoms with van der Waals surface area (Å²) in [4.78, 5) is 24.0. The summed E-state index contributed by atoms with van der Waals surface area (Å²) in [6.07, 6.45) is 0. The fourth-order valence-electron chi connectivity index (χ4n) is 2.15. The molecule has 0 aliphatic carbocycles. The van der Waals surface area contributed by atoms with E-state index >= 15 is 0 Å². The van der Waals surface area contributed by atoms with Crippen molar-refractivity contribution in [3.63, 3.8) is 0 Å². The highest BCUT2D eigenvalue weighted by atomic mass is 32.1. The molecule has 3 aromatic heterocycles. The van der Waals surface area contributed by atoms with Crippen molar-refractivity contribution in [2.45, 2.75) is 13.8 Å². The zero-order valence-electron chi connectivity index (χ0n) is 12.6. The Kier molecular flexibility index (Phi) is 4.08. The summed E-state index contributed by atoms with van der Waals surface area (Å²) in [6, 6.07) is 3.98. The van der Waals surface area contributed by atoms with Gasteiger partial charge in [0.05, 0.1) is 16.8 Å². The summed E-state index contributed by atoms with van der Waals surface area (Å²) in [5.41, 5.74) is 1.16. The van der Waals surface area contributed by atoms with Gasteiger partial charge >= 0.3 is 0 Å². The molecule has 22 heavy (non-hydrogen) atoms. The number of thiophene rings is 2. The van der Waals surface area contributed by atoms with Gasteiger partial charge in [0.1, 0.15) is 10.6 Å². The molecule has 0 aromatic carbocycles. The molecule has 0 fully saturated rings. The van der Waals surface area contributed by atoms with Crippen LogP contribution in [0, 0.1) is 13.8 Å². The normalized spacial score (nSPS) is 10.9. The van der Waals surface area contributed by atoms with E-state index in [0.717, 1.165) is 26.5 Å². The van der Waals surface area contributed by atoms with Crippen molar-refractivity contribution in [3.05, 3.63) is 28.0 Å². The van der Waals surface area contributed by atoms with E-state index in [0.29, 0.717) is 5.82 Å². The lowest BCUT2D eigenvalue weighted by Crippen LogP contribution is -2.26. The van der Waals surface area contributed by atoms with E-state index in [1.807, 2.05) is 17.5 Å². The number of anilines is 1. The van der Waals surface area contributed by atoms with E-state index in [-0.39, 0.29) is 12.5 Å². The molecule has 5 nitrogen and oxygen atoms in total. The number of rotatable bonds is 4. The van der Waals surface area contributed by atoms with Gasteiger partial charge in [-0.1, -0.05) is 6.07 Å². The van der Waals surface area contributed by atoms with Gasteiger partial charge in [-0.3, -0.25) is 4.79 Å². The van der Waals surface area contributed by atoms with Crippen molar-refractivity contribution in [2.75, 3.05) is 18.9 Å². The smallest absolute Gasteiger partial charge is 0.239 e. The standard InChI is InChI=1S/C15H16N4OS2/c1-8-9(2)22-15-12(8)14(17-7-11(20)16-3)18-13(19-15)10-5-4-6-21-10/h4-6H,7H2,1-3H3,(H,16,20)(H,17,18,19). The highest BCUT2D eigenvalue weighted by Gasteiger charge is 2.16. The van der Waals surface area contributed by atoms with Gasteiger partial charge in [0.25, 0.3) is 0 Å². The highest BCUT2D eigenvalue weighted by Crippen LogP contribution is 2.35. The number of nitrogens with one attached hydrogen (secondary N) is 2. The van der Waals surface area contributed by atoms with Crippen molar-refractivity contribution in [3.8, 4) is 10.7 Å². The maximum Gasteiger partial charge on any atom is 0.239 e. The Labute approximate surface area is 136 Å². The maximum atomic E-state index is 11.5. The minimum Gasteiger partial charge on any atom is -0.360 e. The number of carbonyl (C=O) groups excluding carboxylic acids is 1. The van der Waals surface area contributed by atoms with Crippen LogP contribution >= 0.6 is 22.7 Å². The summed E-state index contributed by atoms with van der Waals surface area (Å²) in [5, 5.41) is 8.76. The van der Waals surface area contributed by atoms with Crippen molar-refractivity contribution >= 4 is 44.6 Å². The third-order valence-electron chi connectivity index (χ3n) is 3.47. The zero-order valence-corrected chi connectivity index (χ0v) is 14.2. The molecule has 0 spiro atoms. The van der Waals surface area contributed by atoms with E-state index in [2.05, 4.69) is 34.4 Å². The SMILES string of the molecule is CNC(=O)CNc1nc(-c2cccs2)nc2sc(C)c(C)c12. The van der Waals surface area contributed by atoms with E-state index in [4.69, 9.17) is 0 Å². The average molecular weight is 332 g/mol. The third-order valence-corrected chi connectivity index (χ3v) is 5.43. The largest absolute Gasteiger partial charge is 0.360 e. The van der Waals surface area contributed by atoms with Gasteiger partial charge < -0.3 is 10.6 Å². The molecule has 0 bridgehead atoms. The monoisotopic (exact) mass is 332 g/mol. The Morgan fingerprint density at radius 3 is 2.82 bits per heavy atom. The van der Waals surface area contributed by atoms with Crippen molar-refractivity contribution in [2.24, 2.45) is 0 Å². The molecule has 3 aromatic rings. The Morgan fingerprint density at radius 2 is 2.14 bits per heavy atom. The molecule has 114 valence electrons. The predicted octanol–water partition coefficient (Wildman–Crippen LogP) is 3.19. The van der Waals surface area contributed by atoms with E-state index in [9.17, 15) is 4.79 Å². The second kappa shape index (κ2) is 6.02. The first-order valence-corrected chi connectivity index (χ1v) is 8.56. The molecular weight excluding hydrogens is 316 g/mol. The average Bonchev–Trinajstić information content (AvgIpc) is 3.14. The van der Waals surface area contributed by atoms with Crippen LogP contribution in [0.25, 0.3) is 20.9 Å². The second-order valence-corrected chi connectivity index (χ2v) is 7.01. The first-order chi connectivity index (χ1) is 10.6. The first-order valence-electron chi connectivity index (χ1n) is 6.86. The number of aryl methyl sites for hydroxylation is 2. The lowest BCUT2D eigenvalue weighted by molar-refractivity contribution is -0.118. The topological polar surface area (TPSA) is 66.9 Å². The third kappa shape index (κ3) is 2.69. The minimum atomic E-state index is -0.0750. The number of amides is 1. The van der Waals surface area contributed by atoms with Crippen LogP contribution in [0.15, 0.2) is 17.5 Å². The Morgan fingerprint density at radius 1 is 1.32 bits per heavy atom. The van der Waals surface area contributed by atoms with Crippen molar-refractivity contribution in [1.82, 2.24) is 15.3 Å². The van der Waals surface area contributed by atoms with Crippen LogP contribution < -0.4 is 10.6 Å². The number of carbonyl (C=O) groups is 1. The molecule has 3 rings (SSSR count). The minimum absolute atomic E-state index is 0.0750. The molecule has 7 heteroatoms. The van der Waals surface area contributed by atoms with Crippen LogP contribution in [-0.2, 0) is 4.79 Å². The van der Waals surface area contributed by atoms with Crippen molar-refractivity contribution < 1.29 is 4.79 Å². The first kappa shape index (κ1) is 14.9. The van der Waals surface area contributed by atoms with Gasteiger partial charge in [-0.2, -0.15) is 0 Å². The van der Waals surface area contributed by atoms with Crippen LogP contribution in [0.4, 0.5) is 5.82 Å². The molecule has 0 saturated carbocycles. The molecule has 1 amide bonds. The molecule has 0 atom stereocenters. The highest BCUT2D eigenvalue weighted by molar-refractivity contribution is 7.19. The van der Waals surface area contributed by atoms with Crippen LogP contribution in [0.2, 0.25) is 0 Å². The van der Waals surface area contributed by atoms with Gasteiger partial charge in [-0.25, -0.2) is 9.97 Å². The quantitative estimate of drug-likeness (QED) is 0.770. The summed E-state index contributed by atoms with van der Waals surface area (Å²) in [5.74, 6) is 1.34. The van der Waals surface area contributed by atoms with E-state index in [1.54, 1.807) is 29.7 Å². The van der Waals surface area contributed by atoms with Crippen molar-refractivity contribution in [1.29, 1.82) is 0 Å². The summed E-state index contributed by atoms with van der Waals surface area (Å²) < 4.78 is 0. The molecule has 2 N–H and O–H groups in total. The van der Waals surface area contributed by atoms with Gasteiger partial charge in [0, 0.05) is 11.9 Å². The van der Waals surface area contributed by atoms with Gasteiger partial charge in [0.15, 0.2) is 5.82 Å². The van der Waals surface area contributed by atoms with E-state index in [1.165, 1.54) is 4.88 Å². The molecular formula is C15H16N4OS2. The summed E-state index contributed by atoms with van der Waals surface area (Å²) in [7, 11) is 1.62. The lowest BCUT2D eigenvalue weighted by atomic mass is 10.2. The number of hydrogen-bond acceptors (Lipinski definition) is 6. The number of fused-ring (bicyclic) bond motifs is 1. The predicted molar refractivity (Wildman–Crippen MR) is 92.8 cm³/mol. The molecule has 0 radical (unpaired) electrons. The van der Waals surface area contributed by atoms with Gasteiger partial charge in [-0.05, 0) is 30.9 Å². The second-order valence-electron chi connectivity index (χ2n) is 4.86. The van der Waals surface area contributed by atoms with Crippen LogP contribution in [0.3, 0.4) is 0 Å². The molecule has 0 saturated heterocycles. The molecule has 0 aliphatic heterocycles. The fraction of sp³-hybridized carbons (Fsp3) is 0.267. The number of aromatic nitrogens is 2. The van der Waals surface area contributed by atoms with Gasteiger partial charge in [-0.15, -0.1) is 22.7 Å². The fourth-order valence-corrected chi connectivity index (χ4v) is 3.83. The Balaban J connectivity index is 2.11. The molecule has 0 unspecified atom stereocenters. The van der Waals surface area contributed by atoms with Crippen LogP contribution in [0.5, 0.6) is 0 Å². The number of likely N-dealkylation sites (N-methyl/N-ethyl adjacent to an activating group) is 1. The summed E-state index contributed by atoms with van der Waals surface area (Å²) in [6.45, 7) is 4.34. The number of hydrogen-bond donors (Lipinski definition) is 2. The van der Waals surface area contributed by atoms with Gasteiger partial charge in [0.2, 0.25) is 5.91 Å².